The van der Waals surface area contributed by atoms with Crippen LogP contribution in [-0.4, -0.2) is 28.6 Å². The standard InChI is InChI=1S/C20H17FN4O2/c1-26-16-8-3-13(11-17(16)27-2)19-20(23-15-6-4-14(21)5-7-15)25-10-9-22-12-18(25)24-19/h3-12,23H,1-2H3. The second-order valence-corrected chi connectivity index (χ2v) is 5.82. The average Bonchev–Trinajstić information content (AvgIpc) is 3.07. The topological polar surface area (TPSA) is 60.7 Å². The third kappa shape index (κ3) is 3.15. The molecule has 0 unspecified atom stereocenters. The van der Waals surface area contributed by atoms with Crippen LogP contribution < -0.4 is 14.8 Å². The van der Waals surface area contributed by atoms with Gasteiger partial charge in [0.05, 0.1) is 20.4 Å². The van der Waals surface area contributed by atoms with E-state index in [0.29, 0.717) is 22.8 Å². The highest BCUT2D eigenvalue weighted by molar-refractivity contribution is 5.80. The van der Waals surface area contributed by atoms with Gasteiger partial charge in [0.15, 0.2) is 17.1 Å². The van der Waals surface area contributed by atoms with Crippen LogP contribution >= 0.6 is 0 Å². The van der Waals surface area contributed by atoms with Crippen molar-refractivity contribution in [1.29, 1.82) is 0 Å². The summed E-state index contributed by atoms with van der Waals surface area (Å²) in [5.74, 6) is 1.70. The average molecular weight is 364 g/mol. The Hall–Kier alpha value is -3.61. The van der Waals surface area contributed by atoms with Crippen molar-refractivity contribution in [2.45, 2.75) is 0 Å². The second kappa shape index (κ2) is 6.95. The third-order valence-corrected chi connectivity index (χ3v) is 4.19. The number of nitrogens with one attached hydrogen (secondary N) is 1. The van der Waals surface area contributed by atoms with E-state index in [0.717, 1.165) is 17.1 Å². The summed E-state index contributed by atoms with van der Waals surface area (Å²) >= 11 is 0. The molecule has 2 aromatic carbocycles. The van der Waals surface area contributed by atoms with Gasteiger partial charge in [-0.3, -0.25) is 9.38 Å². The fourth-order valence-electron chi connectivity index (χ4n) is 2.88. The molecule has 27 heavy (non-hydrogen) atoms. The van der Waals surface area contributed by atoms with E-state index in [2.05, 4.69) is 10.3 Å². The molecule has 0 aliphatic heterocycles. The molecule has 2 heterocycles. The largest absolute Gasteiger partial charge is 0.493 e. The van der Waals surface area contributed by atoms with Gasteiger partial charge in [-0.05, 0) is 42.5 Å². The zero-order valence-corrected chi connectivity index (χ0v) is 14.8. The number of hydrogen-bond donors (Lipinski definition) is 1. The summed E-state index contributed by atoms with van der Waals surface area (Å²) in [6, 6.07) is 11.8. The van der Waals surface area contributed by atoms with E-state index >= 15 is 0 Å². The minimum atomic E-state index is -0.289. The zero-order chi connectivity index (χ0) is 18.8. The number of nitrogens with zero attached hydrogens (tertiary/aromatic N) is 3. The van der Waals surface area contributed by atoms with Gasteiger partial charge >= 0.3 is 0 Å². The number of imidazole rings is 1. The Morgan fingerprint density at radius 3 is 2.52 bits per heavy atom. The normalized spacial score (nSPS) is 10.8. The van der Waals surface area contributed by atoms with Crippen LogP contribution in [0.15, 0.2) is 61.1 Å². The molecule has 0 spiro atoms. The Bertz CT molecular complexity index is 1090. The van der Waals surface area contributed by atoms with Crippen molar-refractivity contribution < 1.29 is 13.9 Å². The lowest BCUT2D eigenvalue weighted by atomic mass is 10.1. The molecule has 7 heteroatoms. The lowest BCUT2D eigenvalue weighted by molar-refractivity contribution is 0.355. The number of aromatic nitrogens is 3. The van der Waals surface area contributed by atoms with Crippen molar-refractivity contribution in [3.05, 3.63) is 66.9 Å². The van der Waals surface area contributed by atoms with Crippen molar-refractivity contribution in [2.24, 2.45) is 0 Å². The maximum Gasteiger partial charge on any atom is 0.161 e. The van der Waals surface area contributed by atoms with Crippen LogP contribution in [0.4, 0.5) is 15.9 Å². The SMILES string of the molecule is COc1ccc(-c2nc3cnccn3c2Nc2ccc(F)cc2)cc1OC. The summed E-state index contributed by atoms with van der Waals surface area (Å²) in [4.78, 5) is 8.83. The van der Waals surface area contributed by atoms with Crippen LogP contribution in [-0.2, 0) is 0 Å². The highest BCUT2D eigenvalue weighted by Crippen LogP contribution is 2.36. The monoisotopic (exact) mass is 364 g/mol. The van der Waals surface area contributed by atoms with E-state index in [-0.39, 0.29) is 5.82 Å². The molecule has 0 bridgehead atoms. The molecule has 0 aliphatic carbocycles. The molecule has 6 nitrogen and oxygen atoms in total. The molecule has 4 aromatic rings. The third-order valence-electron chi connectivity index (χ3n) is 4.19. The first-order chi connectivity index (χ1) is 13.2. The van der Waals surface area contributed by atoms with E-state index in [1.54, 1.807) is 38.7 Å². The molecular weight excluding hydrogens is 347 g/mol. The molecule has 0 radical (unpaired) electrons. The fourth-order valence-corrected chi connectivity index (χ4v) is 2.88. The summed E-state index contributed by atoms with van der Waals surface area (Å²) in [6.07, 6.45) is 5.18. The molecule has 0 fully saturated rings. The van der Waals surface area contributed by atoms with Crippen LogP contribution in [0.3, 0.4) is 0 Å². The van der Waals surface area contributed by atoms with Crippen molar-refractivity contribution in [2.75, 3.05) is 19.5 Å². The van der Waals surface area contributed by atoms with Crippen molar-refractivity contribution in [3.8, 4) is 22.8 Å². The Labute approximate surface area is 155 Å². The summed E-state index contributed by atoms with van der Waals surface area (Å²) in [6.45, 7) is 0. The minimum absolute atomic E-state index is 0.289. The first-order valence-corrected chi connectivity index (χ1v) is 8.26. The molecule has 4 rings (SSSR count). The molecule has 0 saturated heterocycles. The number of halogens is 1. The molecule has 136 valence electrons. The van der Waals surface area contributed by atoms with Gasteiger partial charge in [-0.15, -0.1) is 0 Å². The summed E-state index contributed by atoms with van der Waals surface area (Å²) < 4.78 is 25.9. The number of benzene rings is 2. The first-order valence-electron chi connectivity index (χ1n) is 8.26. The Balaban J connectivity index is 1.86. The zero-order valence-electron chi connectivity index (χ0n) is 14.8. The minimum Gasteiger partial charge on any atom is -0.493 e. The van der Waals surface area contributed by atoms with Gasteiger partial charge in [0.25, 0.3) is 0 Å². The summed E-state index contributed by atoms with van der Waals surface area (Å²) in [5, 5.41) is 3.32. The van der Waals surface area contributed by atoms with Gasteiger partial charge in [0.2, 0.25) is 0 Å². The molecule has 0 aliphatic rings. The van der Waals surface area contributed by atoms with Crippen LogP contribution in [0.25, 0.3) is 16.9 Å². The molecule has 0 saturated carbocycles. The van der Waals surface area contributed by atoms with Crippen LogP contribution in [0.5, 0.6) is 11.5 Å². The van der Waals surface area contributed by atoms with Gasteiger partial charge in [-0.2, -0.15) is 0 Å². The number of ether oxygens (including phenoxy) is 2. The molecule has 0 amide bonds. The number of fused-ring (bicyclic) bond motifs is 1. The van der Waals surface area contributed by atoms with Crippen molar-refractivity contribution in [3.63, 3.8) is 0 Å². The Morgan fingerprint density at radius 2 is 1.78 bits per heavy atom. The predicted molar refractivity (Wildman–Crippen MR) is 101 cm³/mol. The maximum absolute atomic E-state index is 13.2. The van der Waals surface area contributed by atoms with Crippen LogP contribution in [0.1, 0.15) is 0 Å². The van der Waals surface area contributed by atoms with Crippen molar-refractivity contribution in [1.82, 2.24) is 14.4 Å². The molecule has 1 N–H and O–H groups in total. The molecule has 0 atom stereocenters. The summed E-state index contributed by atoms with van der Waals surface area (Å²) in [5.41, 5.74) is 3.00. The number of hydrogen-bond acceptors (Lipinski definition) is 5. The molecule has 2 aromatic heterocycles. The van der Waals surface area contributed by atoms with Gasteiger partial charge in [-0.1, -0.05) is 0 Å². The van der Waals surface area contributed by atoms with Gasteiger partial charge in [0.1, 0.15) is 17.3 Å². The quantitative estimate of drug-likeness (QED) is 0.572. The van der Waals surface area contributed by atoms with Gasteiger partial charge in [-0.25, -0.2) is 9.37 Å². The predicted octanol–water partition coefficient (Wildman–Crippen LogP) is 4.30. The fraction of sp³-hybridized carbons (Fsp3) is 0.100. The van der Waals surface area contributed by atoms with E-state index in [4.69, 9.17) is 14.5 Å². The highest BCUT2D eigenvalue weighted by atomic mass is 19.1. The number of rotatable bonds is 5. The van der Waals surface area contributed by atoms with Crippen LogP contribution in [0.2, 0.25) is 0 Å². The first kappa shape index (κ1) is 16.8. The lowest BCUT2D eigenvalue weighted by Crippen LogP contribution is -1.97. The number of anilines is 2. The smallest absolute Gasteiger partial charge is 0.161 e. The van der Waals surface area contributed by atoms with E-state index in [1.165, 1.54) is 12.1 Å². The lowest BCUT2D eigenvalue weighted by Gasteiger charge is -2.11. The number of methoxy groups -OCH3 is 2. The Kier molecular flexibility index (Phi) is 4.33. The van der Waals surface area contributed by atoms with E-state index in [9.17, 15) is 4.39 Å². The van der Waals surface area contributed by atoms with Crippen LogP contribution in [0, 0.1) is 5.82 Å². The van der Waals surface area contributed by atoms with E-state index in [1.807, 2.05) is 28.8 Å². The van der Waals surface area contributed by atoms with Crippen molar-refractivity contribution >= 4 is 17.2 Å². The maximum atomic E-state index is 13.2. The van der Waals surface area contributed by atoms with E-state index < -0.39 is 0 Å². The highest BCUT2D eigenvalue weighted by Gasteiger charge is 2.16. The second-order valence-electron chi connectivity index (χ2n) is 5.82. The summed E-state index contributed by atoms with van der Waals surface area (Å²) in [7, 11) is 3.18. The Morgan fingerprint density at radius 1 is 1.00 bits per heavy atom. The van der Waals surface area contributed by atoms with Gasteiger partial charge < -0.3 is 14.8 Å². The van der Waals surface area contributed by atoms with Gasteiger partial charge in [0, 0.05) is 23.6 Å². The molecular formula is C20H17FN4O2.